The summed E-state index contributed by atoms with van der Waals surface area (Å²) in [6.07, 6.45) is 8.74. The molecule has 1 heterocycles. The molecule has 2 aromatic rings. The van der Waals surface area contributed by atoms with Crippen molar-refractivity contribution in [3.8, 4) is 0 Å². The lowest BCUT2D eigenvalue weighted by Crippen LogP contribution is -2.27. The maximum absolute atomic E-state index is 12.1. The van der Waals surface area contributed by atoms with Crippen molar-refractivity contribution < 1.29 is 4.79 Å². The zero-order valence-corrected chi connectivity index (χ0v) is 14.2. The summed E-state index contributed by atoms with van der Waals surface area (Å²) in [5.74, 6) is 0.523. The number of nitrogens with one attached hydrogen (secondary N) is 2. The fraction of sp³-hybridized carbons (Fsp3) is 0.389. The standard InChI is InChI=1S/C18H21ClN4O/c19-14-5-3-4-13(10-14)8-9-20-18(24)16-11-22-17(12-21-16)23-15-6-1-2-7-15/h3-5,10-12,15H,1-2,6-9H2,(H,20,24)(H,22,23). The minimum Gasteiger partial charge on any atom is -0.366 e. The van der Waals surface area contributed by atoms with Crippen molar-refractivity contribution in [2.45, 2.75) is 38.1 Å². The molecule has 1 aliphatic rings. The second kappa shape index (κ2) is 8.11. The Morgan fingerprint density at radius 3 is 2.75 bits per heavy atom. The Labute approximate surface area is 146 Å². The summed E-state index contributed by atoms with van der Waals surface area (Å²) in [4.78, 5) is 20.6. The molecule has 1 saturated carbocycles. The lowest BCUT2D eigenvalue weighted by molar-refractivity contribution is 0.0949. The Bertz CT molecular complexity index is 684. The van der Waals surface area contributed by atoms with E-state index in [0.29, 0.717) is 23.3 Å². The predicted octanol–water partition coefficient (Wildman–Crippen LogP) is 3.46. The number of nitrogens with zero attached hydrogens (tertiary/aromatic N) is 2. The summed E-state index contributed by atoms with van der Waals surface area (Å²) in [5.41, 5.74) is 1.42. The van der Waals surface area contributed by atoms with Crippen LogP contribution >= 0.6 is 11.6 Å². The third-order valence-corrected chi connectivity index (χ3v) is 4.42. The Hall–Kier alpha value is -2.14. The molecule has 0 spiro atoms. The van der Waals surface area contributed by atoms with Gasteiger partial charge in [-0.25, -0.2) is 9.97 Å². The van der Waals surface area contributed by atoms with E-state index >= 15 is 0 Å². The van der Waals surface area contributed by atoms with Crippen LogP contribution in [0.1, 0.15) is 41.7 Å². The SMILES string of the molecule is O=C(NCCc1cccc(Cl)c1)c1cnc(NC2CCCC2)cn1. The van der Waals surface area contributed by atoms with Crippen LogP contribution in [0, 0.1) is 0 Å². The van der Waals surface area contributed by atoms with E-state index in [2.05, 4.69) is 20.6 Å². The van der Waals surface area contributed by atoms with E-state index in [1.165, 1.54) is 31.9 Å². The van der Waals surface area contributed by atoms with Crippen LogP contribution in [0.3, 0.4) is 0 Å². The van der Waals surface area contributed by atoms with E-state index in [-0.39, 0.29) is 5.91 Å². The maximum Gasteiger partial charge on any atom is 0.271 e. The molecular formula is C18H21ClN4O. The molecule has 1 aromatic carbocycles. The number of hydrogen-bond acceptors (Lipinski definition) is 4. The van der Waals surface area contributed by atoms with Gasteiger partial charge in [-0.05, 0) is 37.0 Å². The van der Waals surface area contributed by atoms with Gasteiger partial charge in [0.25, 0.3) is 5.91 Å². The lowest BCUT2D eigenvalue weighted by Gasteiger charge is -2.12. The van der Waals surface area contributed by atoms with E-state index in [1.54, 1.807) is 6.20 Å². The van der Waals surface area contributed by atoms with Crippen LogP contribution in [0.4, 0.5) is 5.82 Å². The minimum atomic E-state index is -0.211. The number of halogens is 1. The fourth-order valence-corrected chi connectivity index (χ4v) is 3.12. The van der Waals surface area contributed by atoms with Gasteiger partial charge >= 0.3 is 0 Å². The topological polar surface area (TPSA) is 66.9 Å². The Morgan fingerprint density at radius 1 is 1.21 bits per heavy atom. The van der Waals surface area contributed by atoms with Crippen LogP contribution in [0.2, 0.25) is 5.02 Å². The molecule has 24 heavy (non-hydrogen) atoms. The fourth-order valence-electron chi connectivity index (χ4n) is 2.90. The molecule has 1 aliphatic carbocycles. The van der Waals surface area contributed by atoms with Crippen molar-refractivity contribution in [1.29, 1.82) is 0 Å². The summed E-state index contributed by atoms with van der Waals surface area (Å²) in [6.45, 7) is 0.531. The second-order valence-corrected chi connectivity index (χ2v) is 6.48. The molecule has 1 aromatic heterocycles. The van der Waals surface area contributed by atoms with Crippen LogP contribution < -0.4 is 10.6 Å². The van der Waals surface area contributed by atoms with Gasteiger partial charge < -0.3 is 10.6 Å². The second-order valence-electron chi connectivity index (χ2n) is 6.05. The minimum absolute atomic E-state index is 0.211. The van der Waals surface area contributed by atoms with Gasteiger partial charge in [0.1, 0.15) is 11.5 Å². The van der Waals surface area contributed by atoms with Gasteiger partial charge in [0.05, 0.1) is 12.4 Å². The Balaban J connectivity index is 1.47. The molecule has 0 saturated heterocycles. The molecule has 3 rings (SSSR count). The smallest absolute Gasteiger partial charge is 0.271 e. The van der Waals surface area contributed by atoms with Crippen molar-refractivity contribution >= 4 is 23.3 Å². The third-order valence-electron chi connectivity index (χ3n) is 4.18. The van der Waals surface area contributed by atoms with Crippen LogP contribution in [-0.4, -0.2) is 28.5 Å². The van der Waals surface area contributed by atoms with Crippen molar-refractivity contribution in [2.24, 2.45) is 0 Å². The first-order valence-electron chi connectivity index (χ1n) is 8.32. The number of carbonyl (C=O) groups is 1. The Morgan fingerprint density at radius 2 is 2.04 bits per heavy atom. The van der Waals surface area contributed by atoms with Crippen LogP contribution in [0.15, 0.2) is 36.7 Å². The van der Waals surface area contributed by atoms with Gasteiger partial charge in [-0.1, -0.05) is 36.6 Å². The normalized spacial score (nSPS) is 14.5. The summed E-state index contributed by atoms with van der Waals surface area (Å²) >= 11 is 5.95. The van der Waals surface area contributed by atoms with Gasteiger partial charge in [-0.2, -0.15) is 0 Å². The highest BCUT2D eigenvalue weighted by Crippen LogP contribution is 2.20. The lowest BCUT2D eigenvalue weighted by atomic mass is 10.1. The van der Waals surface area contributed by atoms with E-state index in [0.717, 1.165) is 17.8 Å². The summed E-state index contributed by atoms with van der Waals surface area (Å²) in [7, 11) is 0. The number of hydrogen-bond donors (Lipinski definition) is 2. The van der Waals surface area contributed by atoms with Gasteiger partial charge in [0.2, 0.25) is 0 Å². The highest BCUT2D eigenvalue weighted by Gasteiger charge is 2.15. The molecule has 1 fully saturated rings. The van der Waals surface area contributed by atoms with Crippen LogP contribution in [0.25, 0.3) is 0 Å². The average molecular weight is 345 g/mol. The quantitative estimate of drug-likeness (QED) is 0.842. The van der Waals surface area contributed by atoms with E-state index in [4.69, 9.17) is 11.6 Å². The molecule has 0 atom stereocenters. The zero-order valence-electron chi connectivity index (χ0n) is 13.5. The molecule has 0 aliphatic heterocycles. The van der Waals surface area contributed by atoms with Crippen molar-refractivity contribution in [3.63, 3.8) is 0 Å². The van der Waals surface area contributed by atoms with Gasteiger partial charge in [-0.3, -0.25) is 4.79 Å². The first kappa shape index (κ1) is 16.7. The zero-order chi connectivity index (χ0) is 16.8. The van der Waals surface area contributed by atoms with Crippen LogP contribution in [0.5, 0.6) is 0 Å². The van der Waals surface area contributed by atoms with Crippen molar-refractivity contribution in [3.05, 3.63) is 52.9 Å². The maximum atomic E-state index is 12.1. The molecule has 5 nitrogen and oxygen atoms in total. The number of carbonyl (C=O) groups excluding carboxylic acids is 1. The molecule has 1 amide bonds. The molecule has 2 N–H and O–H groups in total. The average Bonchev–Trinajstić information content (AvgIpc) is 3.08. The van der Waals surface area contributed by atoms with E-state index in [9.17, 15) is 4.79 Å². The van der Waals surface area contributed by atoms with E-state index in [1.807, 2.05) is 24.3 Å². The number of benzene rings is 1. The highest BCUT2D eigenvalue weighted by atomic mass is 35.5. The number of aromatic nitrogens is 2. The third kappa shape index (κ3) is 4.68. The summed E-state index contributed by atoms with van der Waals surface area (Å²) < 4.78 is 0. The highest BCUT2D eigenvalue weighted by molar-refractivity contribution is 6.30. The Kier molecular flexibility index (Phi) is 5.64. The monoisotopic (exact) mass is 344 g/mol. The number of amides is 1. The number of rotatable bonds is 6. The first-order valence-corrected chi connectivity index (χ1v) is 8.70. The molecule has 0 radical (unpaired) electrons. The van der Waals surface area contributed by atoms with Crippen molar-refractivity contribution in [1.82, 2.24) is 15.3 Å². The molecule has 0 bridgehead atoms. The summed E-state index contributed by atoms with van der Waals surface area (Å²) in [6, 6.07) is 8.11. The largest absolute Gasteiger partial charge is 0.366 e. The van der Waals surface area contributed by atoms with Gasteiger partial charge in [-0.15, -0.1) is 0 Å². The molecule has 0 unspecified atom stereocenters. The molecule has 6 heteroatoms. The predicted molar refractivity (Wildman–Crippen MR) is 95.4 cm³/mol. The number of anilines is 1. The molecule has 126 valence electrons. The van der Waals surface area contributed by atoms with Gasteiger partial charge in [0, 0.05) is 17.6 Å². The summed E-state index contributed by atoms with van der Waals surface area (Å²) in [5, 5.41) is 6.92. The molecular weight excluding hydrogens is 324 g/mol. The van der Waals surface area contributed by atoms with Gasteiger partial charge in [0.15, 0.2) is 0 Å². The van der Waals surface area contributed by atoms with Crippen LogP contribution in [-0.2, 0) is 6.42 Å². The van der Waals surface area contributed by atoms with E-state index < -0.39 is 0 Å². The first-order chi connectivity index (χ1) is 11.7. The van der Waals surface area contributed by atoms with Crippen molar-refractivity contribution in [2.75, 3.05) is 11.9 Å².